The molecule has 0 aliphatic heterocycles. The highest BCUT2D eigenvalue weighted by Crippen LogP contribution is 2.24. The van der Waals surface area contributed by atoms with Gasteiger partial charge in [-0.2, -0.15) is 0 Å². The SMILES string of the molecule is CC(C)(N)CNc1ccc2c(c1)CCC2. The molecule has 0 atom stereocenters. The third-order valence-electron chi connectivity index (χ3n) is 2.85. The van der Waals surface area contributed by atoms with Gasteiger partial charge in [-0.3, -0.25) is 0 Å². The number of fused-ring (bicyclic) bond motifs is 1. The highest BCUT2D eigenvalue weighted by Gasteiger charge is 2.12. The van der Waals surface area contributed by atoms with E-state index in [4.69, 9.17) is 5.73 Å². The number of benzene rings is 1. The summed E-state index contributed by atoms with van der Waals surface area (Å²) in [5.74, 6) is 0. The molecule has 1 aromatic rings. The molecule has 0 spiro atoms. The summed E-state index contributed by atoms with van der Waals surface area (Å²) in [6, 6.07) is 6.68. The molecular weight excluding hydrogens is 184 g/mol. The molecule has 82 valence electrons. The second-order valence-electron chi connectivity index (χ2n) is 5.18. The lowest BCUT2D eigenvalue weighted by Gasteiger charge is -2.20. The summed E-state index contributed by atoms with van der Waals surface area (Å²) in [6.07, 6.45) is 3.79. The molecule has 15 heavy (non-hydrogen) atoms. The van der Waals surface area contributed by atoms with Crippen LogP contribution in [0.25, 0.3) is 0 Å². The molecular formula is C13H20N2. The number of rotatable bonds is 3. The summed E-state index contributed by atoms with van der Waals surface area (Å²) in [6.45, 7) is 4.88. The minimum atomic E-state index is -0.154. The van der Waals surface area contributed by atoms with Gasteiger partial charge in [-0.1, -0.05) is 6.07 Å². The highest BCUT2D eigenvalue weighted by molar-refractivity contribution is 5.50. The number of anilines is 1. The van der Waals surface area contributed by atoms with Gasteiger partial charge in [0.25, 0.3) is 0 Å². The molecule has 0 aromatic heterocycles. The number of nitrogens with one attached hydrogen (secondary N) is 1. The molecule has 0 radical (unpaired) electrons. The Hall–Kier alpha value is -1.02. The van der Waals surface area contributed by atoms with E-state index in [-0.39, 0.29) is 5.54 Å². The lowest BCUT2D eigenvalue weighted by Crippen LogP contribution is -2.39. The van der Waals surface area contributed by atoms with Gasteiger partial charge < -0.3 is 11.1 Å². The predicted molar refractivity (Wildman–Crippen MR) is 65.2 cm³/mol. The zero-order valence-corrected chi connectivity index (χ0v) is 9.64. The molecule has 2 nitrogen and oxygen atoms in total. The molecule has 2 rings (SSSR count). The largest absolute Gasteiger partial charge is 0.383 e. The van der Waals surface area contributed by atoms with Crippen molar-refractivity contribution in [2.45, 2.75) is 38.6 Å². The Labute approximate surface area is 91.9 Å². The van der Waals surface area contributed by atoms with Crippen LogP contribution in [0.4, 0.5) is 5.69 Å². The standard InChI is InChI=1S/C13H20N2/c1-13(2,14)9-15-12-7-6-10-4-3-5-11(10)8-12/h6-8,15H,3-5,9,14H2,1-2H3. The molecule has 3 N–H and O–H groups in total. The average Bonchev–Trinajstić information content (AvgIpc) is 2.60. The Morgan fingerprint density at radius 2 is 2.00 bits per heavy atom. The maximum absolute atomic E-state index is 5.93. The van der Waals surface area contributed by atoms with Crippen LogP contribution >= 0.6 is 0 Å². The smallest absolute Gasteiger partial charge is 0.0343 e. The first-order valence-corrected chi connectivity index (χ1v) is 5.69. The summed E-state index contributed by atoms with van der Waals surface area (Å²) in [5, 5.41) is 3.39. The Bertz CT molecular complexity index is 350. The first kappa shape index (κ1) is 10.5. The van der Waals surface area contributed by atoms with E-state index >= 15 is 0 Å². The number of hydrogen-bond acceptors (Lipinski definition) is 2. The molecule has 0 amide bonds. The second kappa shape index (κ2) is 3.86. The highest BCUT2D eigenvalue weighted by atomic mass is 14.9. The quantitative estimate of drug-likeness (QED) is 0.793. The van der Waals surface area contributed by atoms with Gasteiger partial charge in [-0.15, -0.1) is 0 Å². The van der Waals surface area contributed by atoms with E-state index in [9.17, 15) is 0 Å². The fourth-order valence-corrected chi connectivity index (χ4v) is 2.01. The summed E-state index contributed by atoms with van der Waals surface area (Å²) < 4.78 is 0. The number of hydrogen-bond donors (Lipinski definition) is 2. The van der Waals surface area contributed by atoms with Crippen LogP contribution in [0, 0.1) is 0 Å². The van der Waals surface area contributed by atoms with Crippen molar-refractivity contribution in [3.05, 3.63) is 29.3 Å². The summed E-state index contributed by atoms with van der Waals surface area (Å²) in [4.78, 5) is 0. The van der Waals surface area contributed by atoms with Crippen LogP contribution < -0.4 is 11.1 Å². The summed E-state index contributed by atoms with van der Waals surface area (Å²) >= 11 is 0. The van der Waals surface area contributed by atoms with Gasteiger partial charge in [0.2, 0.25) is 0 Å². The molecule has 0 bridgehead atoms. The Morgan fingerprint density at radius 1 is 1.27 bits per heavy atom. The van der Waals surface area contributed by atoms with E-state index in [1.54, 1.807) is 0 Å². The maximum atomic E-state index is 5.93. The molecule has 0 fully saturated rings. The molecule has 1 aliphatic rings. The topological polar surface area (TPSA) is 38.0 Å². The van der Waals surface area contributed by atoms with Crippen LogP contribution in [0.3, 0.4) is 0 Å². The third kappa shape index (κ3) is 2.72. The third-order valence-corrected chi connectivity index (χ3v) is 2.85. The van der Waals surface area contributed by atoms with Gasteiger partial charge in [-0.25, -0.2) is 0 Å². The lowest BCUT2D eigenvalue weighted by atomic mass is 10.1. The Morgan fingerprint density at radius 3 is 2.73 bits per heavy atom. The van der Waals surface area contributed by atoms with Crippen LogP contribution in [0.5, 0.6) is 0 Å². The van der Waals surface area contributed by atoms with Crippen LogP contribution in [0.15, 0.2) is 18.2 Å². The molecule has 2 heteroatoms. The number of nitrogens with two attached hydrogens (primary N) is 1. The van der Waals surface area contributed by atoms with Crippen molar-refractivity contribution in [1.82, 2.24) is 0 Å². The van der Waals surface area contributed by atoms with Gasteiger partial charge in [0.1, 0.15) is 0 Å². The molecule has 1 aromatic carbocycles. The van der Waals surface area contributed by atoms with Crippen LogP contribution in [-0.2, 0) is 12.8 Å². The van der Waals surface area contributed by atoms with E-state index in [1.807, 2.05) is 13.8 Å². The lowest BCUT2D eigenvalue weighted by molar-refractivity contribution is 0.549. The Kier molecular flexibility index (Phi) is 2.70. The molecule has 0 heterocycles. The van der Waals surface area contributed by atoms with Gasteiger partial charge in [-0.05, 0) is 56.4 Å². The van der Waals surface area contributed by atoms with Gasteiger partial charge in [0, 0.05) is 17.8 Å². The van der Waals surface area contributed by atoms with Gasteiger partial charge in [0.05, 0.1) is 0 Å². The van der Waals surface area contributed by atoms with Crippen molar-refractivity contribution >= 4 is 5.69 Å². The van der Waals surface area contributed by atoms with Crippen LogP contribution in [-0.4, -0.2) is 12.1 Å². The van der Waals surface area contributed by atoms with E-state index in [2.05, 4.69) is 23.5 Å². The first-order chi connectivity index (χ1) is 7.04. The van der Waals surface area contributed by atoms with Crippen molar-refractivity contribution in [1.29, 1.82) is 0 Å². The maximum Gasteiger partial charge on any atom is 0.0343 e. The minimum absolute atomic E-state index is 0.154. The minimum Gasteiger partial charge on any atom is -0.383 e. The van der Waals surface area contributed by atoms with Gasteiger partial charge in [0.15, 0.2) is 0 Å². The van der Waals surface area contributed by atoms with Crippen LogP contribution in [0.2, 0.25) is 0 Å². The van der Waals surface area contributed by atoms with E-state index in [0.717, 1.165) is 6.54 Å². The zero-order valence-electron chi connectivity index (χ0n) is 9.64. The second-order valence-corrected chi connectivity index (χ2v) is 5.18. The van der Waals surface area contributed by atoms with Crippen molar-refractivity contribution in [2.24, 2.45) is 5.73 Å². The number of aryl methyl sites for hydroxylation is 2. The Balaban J connectivity index is 2.04. The van der Waals surface area contributed by atoms with E-state index in [1.165, 1.54) is 36.1 Å². The summed E-state index contributed by atoms with van der Waals surface area (Å²) in [7, 11) is 0. The monoisotopic (exact) mass is 204 g/mol. The molecule has 1 aliphatic carbocycles. The van der Waals surface area contributed by atoms with Crippen molar-refractivity contribution in [3.63, 3.8) is 0 Å². The average molecular weight is 204 g/mol. The fourth-order valence-electron chi connectivity index (χ4n) is 2.01. The first-order valence-electron chi connectivity index (χ1n) is 5.69. The van der Waals surface area contributed by atoms with Crippen molar-refractivity contribution in [2.75, 3.05) is 11.9 Å². The van der Waals surface area contributed by atoms with E-state index < -0.39 is 0 Å². The van der Waals surface area contributed by atoms with Crippen molar-refractivity contribution < 1.29 is 0 Å². The molecule has 0 saturated carbocycles. The normalized spacial score (nSPS) is 15.1. The van der Waals surface area contributed by atoms with E-state index in [0.29, 0.717) is 0 Å². The molecule has 0 saturated heterocycles. The zero-order chi connectivity index (χ0) is 10.9. The van der Waals surface area contributed by atoms with Gasteiger partial charge >= 0.3 is 0 Å². The molecule has 0 unspecified atom stereocenters. The summed E-state index contributed by atoms with van der Waals surface area (Å²) in [5.41, 5.74) is 10.0. The predicted octanol–water partition coefficient (Wildman–Crippen LogP) is 2.32. The van der Waals surface area contributed by atoms with Crippen molar-refractivity contribution in [3.8, 4) is 0 Å². The fraction of sp³-hybridized carbons (Fsp3) is 0.538. The van der Waals surface area contributed by atoms with Crippen LogP contribution in [0.1, 0.15) is 31.4 Å².